The van der Waals surface area contributed by atoms with Gasteiger partial charge in [0.2, 0.25) is 0 Å². The van der Waals surface area contributed by atoms with E-state index in [9.17, 15) is 14.0 Å². The predicted octanol–water partition coefficient (Wildman–Crippen LogP) is 1.97. The van der Waals surface area contributed by atoms with Crippen LogP contribution in [0, 0.1) is 5.82 Å². The SMILES string of the molecule is Cn1nc(-c2ccc(F)cc2)cc(C(=O)Cl)c1=O. The molecule has 0 bridgehead atoms. The highest BCUT2D eigenvalue weighted by Crippen LogP contribution is 2.17. The maximum absolute atomic E-state index is 12.8. The predicted molar refractivity (Wildman–Crippen MR) is 65.1 cm³/mol. The van der Waals surface area contributed by atoms with Crippen LogP contribution >= 0.6 is 11.6 Å². The fraction of sp³-hybridized carbons (Fsp3) is 0.0833. The second-order valence-corrected chi connectivity index (χ2v) is 4.00. The fourth-order valence-electron chi connectivity index (χ4n) is 1.51. The lowest BCUT2D eigenvalue weighted by atomic mass is 10.1. The van der Waals surface area contributed by atoms with Crippen molar-refractivity contribution in [1.82, 2.24) is 9.78 Å². The summed E-state index contributed by atoms with van der Waals surface area (Å²) < 4.78 is 13.8. The zero-order chi connectivity index (χ0) is 13.3. The van der Waals surface area contributed by atoms with Crippen LogP contribution in [0.15, 0.2) is 35.1 Å². The Kier molecular flexibility index (Phi) is 3.25. The standard InChI is InChI=1S/C12H8ClFN2O2/c1-16-12(18)9(11(13)17)6-10(15-16)7-2-4-8(14)5-3-7/h2-6H,1H3. The molecule has 6 heteroatoms. The average molecular weight is 267 g/mol. The molecule has 1 aromatic heterocycles. The van der Waals surface area contributed by atoms with Crippen molar-refractivity contribution < 1.29 is 9.18 Å². The third-order valence-electron chi connectivity index (χ3n) is 2.41. The molecule has 0 saturated carbocycles. The molecule has 0 aliphatic rings. The van der Waals surface area contributed by atoms with Gasteiger partial charge in [-0.3, -0.25) is 9.59 Å². The van der Waals surface area contributed by atoms with Crippen LogP contribution < -0.4 is 5.56 Å². The average Bonchev–Trinajstić information content (AvgIpc) is 2.33. The van der Waals surface area contributed by atoms with E-state index in [4.69, 9.17) is 11.6 Å². The molecule has 1 heterocycles. The maximum atomic E-state index is 12.8. The number of rotatable bonds is 2. The van der Waals surface area contributed by atoms with E-state index >= 15 is 0 Å². The summed E-state index contributed by atoms with van der Waals surface area (Å²) in [5, 5.41) is 3.14. The zero-order valence-electron chi connectivity index (χ0n) is 9.35. The molecule has 4 nitrogen and oxygen atoms in total. The summed E-state index contributed by atoms with van der Waals surface area (Å²) in [5.74, 6) is -0.378. The number of halogens is 2. The molecule has 18 heavy (non-hydrogen) atoms. The first-order valence-corrected chi connectivity index (χ1v) is 5.41. The van der Waals surface area contributed by atoms with Crippen molar-refractivity contribution in [3.8, 4) is 11.3 Å². The van der Waals surface area contributed by atoms with E-state index in [0.717, 1.165) is 4.68 Å². The number of hydrogen-bond donors (Lipinski definition) is 0. The Hall–Kier alpha value is -2.01. The first-order chi connectivity index (χ1) is 8.49. The smallest absolute Gasteiger partial charge is 0.275 e. The molecule has 1 aromatic carbocycles. The lowest BCUT2D eigenvalue weighted by Gasteiger charge is -2.05. The fourth-order valence-corrected chi connectivity index (χ4v) is 1.65. The second-order valence-electron chi connectivity index (χ2n) is 3.65. The maximum Gasteiger partial charge on any atom is 0.278 e. The molecule has 2 rings (SSSR count). The molecule has 2 aromatic rings. The van der Waals surface area contributed by atoms with Gasteiger partial charge >= 0.3 is 0 Å². The molecular formula is C12H8ClFN2O2. The number of hydrogen-bond acceptors (Lipinski definition) is 3. The van der Waals surface area contributed by atoms with Gasteiger partial charge in [-0.05, 0) is 41.9 Å². The Balaban J connectivity index is 2.62. The van der Waals surface area contributed by atoms with Crippen molar-refractivity contribution in [2.75, 3.05) is 0 Å². The molecule has 0 spiro atoms. The van der Waals surface area contributed by atoms with Gasteiger partial charge in [-0.2, -0.15) is 5.10 Å². The zero-order valence-corrected chi connectivity index (χ0v) is 10.1. The van der Waals surface area contributed by atoms with Crippen LogP contribution in [-0.4, -0.2) is 15.0 Å². The van der Waals surface area contributed by atoms with Gasteiger partial charge in [-0.15, -0.1) is 0 Å². The van der Waals surface area contributed by atoms with Crippen molar-refractivity contribution >= 4 is 16.8 Å². The summed E-state index contributed by atoms with van der Waals surface area (Å²) in [6.07, 6.45) is 0. The van der Waals surface area contributed by atoms with Crippen molar-refractivity contribution in [2.45, 2.75) is 0 Å². The summed E-state index contributed by atoms with van der Waals surface area (Å²) in [6, 6.07) is 6.84. The van der Waals surface area contributed by atoms with E-state index in [1.54, 1.807) is 0 Å². The summed E-state index contributed by atoms with van der Waals surface area (Å²) in [4.78, 5) is 22.7. The molecule has 0 amide bonds. The van der Waals surface area contributed by atoms with Crippen LogP contribution in [-0.2, 0) is 7.05 Å². The summed E-state index contributed by atoms with van der Waals surface area (Å²) in [5.41, 5.74) is 0.238. The highest BCUT2D eigenvalue weighted by molar-refractivity contribution is 6.67. The number of carbonyl (C=O) groups excluding carboxylic acids is 1. The minimum Gasteiger partial charge on any atom is -0.275 e. The lowest BCUT2D eigenvalue weighted by molar-refractivity contribution is 0.107. The molecule has 0 saturated heterocycles. The van der Waals surface area contributed by atoms with E-state index in [0.29, 0.717) is 11.3 Å². The van der Waals surface area contributed by atoms with E-state index in [1.807, 2.05) is 0 Å². The Bertz CT molecular complexity index is 665. The quantitative estimate of drug-likeness (QED) is 0.781. The first-order valence-electron chi connectivity index (χ1n) is 5.03. The number of carbonyl (C=O) groups is 1. The minimum atomic E-state index is -0.846. The highest BCUT2D eigenvalue weighted by atomic mass is 35.5. The Morgan fingerprint density at radius 1 is 1.33 bits per heavy atom. The minimum absolute atomic E-state index is 0.159. The van der Waals surface area contributed by atoms with E-state index in [1.165, 1.54) is 37.4 Å². The molecule has 0 N–H and O–H groups in total. The normalized spacial score (nSPS) is 10.4. The van der Waals surface area contributed by atoms with Gasteiger partial charge in [0.25, 0.3) is 10.8 Å². The van der Waals surface area contributed by atoms with Crippen LogP contribution in [0.4, 0.5) is 4.39 Å². The van der Waals surface area contributed by atoms with Crippen LogP contribution in [0.5, 0.6) is 0 Å². The topological polar surface area (TPSA) is 52.0 Å². The van der Waals surface area contributed by atoms with E-state index in [2.05, 4.69) is 5.10 Å². The van der Waals surface area contributed by atoms with Gasteiger partial charge in [0.05, 0.1) is 5.69 Å². The lowest BCUT2D eigenvalue weighted by Crippen LogP contribution is -2.25. The van der Waals surface area contributed by atoms with Gasteiger partial charge < -0.3 is 0 Å². The summed E-state index contributed by atoms with van der Waals surface area (Å²) in [7, 11) is 1.42. The third-order valence-corrected chi connectivity index (χ3v) is 2.62. The Labute approximate surface area is 107 Å². The van der Waals surface area contributed by atoms with Crippen LogP contribution in [0.3, 0.4) is 0 Å². The number of nitrogens with zero attached hydrogens (tertiary/aromatic N) is 2. The monoisotopic (exact) mass is 266 g/mol. The second kappa shape index (κ2) is 4.70. The molecule has 0 aliphatic carbocycles. The number of aryl methyl sites for hydroxylation is 1. The largest absolute Gasteiger partial charge is 0.278 e. The molecule has 0 radical (unpaired) electrons. The Morgan fingerprint density at radius 2 is 1.94 bits per heavy atom. The van der Waals surface area contributed by atoms with Crippen molar-refractivity contribution in [3.63, 3.8) is 0 Å². The molecule has 0 aliphatic heterocycles. The van der Waals surface area contributed by atoms with Crippen molar-refractivity contribution in [1.29, 1.82) is 0 Å². The van der Waals surface area contributed by atoms with Crippen LogP contribution in [0.1, 0.15) is 10.4 Å². The van der Waals surface area contributed by atoms with Gasteiger partial charge in [0, 0.05) is 12.6 Å². The van der Waals surface area contributed by atoms with E-state index in [-0.39, 0.29) is 11.4 Å². The Morgan fingerprint density at radius 3 is 2.50 bits per heavy atom. The molecular weight excluding hydrogens is 259 g/mol. The van der Waals surface area contributed by atoms with Crippen LogP contribution in [0.25, 0.3) is 11.3 Å². The highest BCUT2D eigenvalue weighted by Gasteiger charge is 2.12. The van der Waals surface area contributed by atoms with E-state index < -0.39 is 10.8 Å². The van der Waals surface area contributed by atoms with Crippen molar-refractivity contribution in [2.24, 2.45) is 7.05 Å². The molecule has 0 unspecified atom stereocenters. The van der Waals surface area contributed by atoms with Gasteiger partial charge in [-0.25, -0.2) is 9.07 Å². The summed E-state index contributed by atoms with van der Waals surface area (Å²) >= 11 is 5.33. The molecule has 0 fully saturated rings. The molecule has 0 atom stereocenters. The van der Waals surface area contributed by atoms with Gasteiger partial charge in [-0.1, -0.05) is 0 Å². The van der Waals surface area contributed by atoms with Gasteiger partial charge in [0.15, 0.2) is 0 Å². The van der Waals surface area contributed by atoms with Crippen LogP contribution in [0.2, 0.25) is 0 Å². The first kappa shape index (κ1) is 12.4. The van der Waals surface area contributed by atoms with Gasteiger partial charge in [0.1, 0.15) is 11.4 Å². The number of aromatic nitrogens is 2. The van der Waals surface area contributed by atoms with Crippen molar-refractivity contribution in [3.05, 3.63) is 52.1 Å². The number of benzene rings is 1. The third kappa shape index (κ3) is 2.31. The summed E-state index contributed by atoms with van der Waals surface area (Å²) in [6.45, 7) is 0. The molecule has 92 valence electrons.